The molecule has 0 aromatic heterocycles. The van der Waals surface area contributed by atoms with Crippen molar-refractivity contribution in [2.75, 3.05) is 13.2 Å². The van der Waals surface area contributed by atoms with Gasteiger partial charge in [0.1, 0.15) is 12.2 Å². The van der Waals surface area contributed by atoms with Crippen LogP contribution in [0.25, 0.3) is 0 Å². The molecule has 4 atom stereocenters. The molecule has 0 radical (unpaired) electrons. The summed E-state index contributed by atoms with van der Waals surface area (Å²) < 4.78 is 0. The van der Waals surface area contributed by atoms with Crippen molar-refractivity contribution in [3.63, 3.8) is 0 Å². The first-order valence-corrected chi connectivity index (χ1v) is 6.06. The topological polar surface area (TPSA) is 84.2 Å². The van der Waals surface area contributed by atoms with Crippen LogP contribution in [0.1, 0.15) is 5.56 Å². The Balaban J connectivity index is 2.10. The predicted molar refractivity (Wildman–Crippen MR) is 65.7 cm³/mol. The molecule has 5 nitrogen and oxygen atoms in total. The molecule has 5 heteroatoms. The molecule has 0 amide bonds. The predicted octanol–water partition coefficient (Wildman–Crippen LogP) is -1.05. The van der Waals surface area contributed by atoms with Crippen molar-refractivity contribution < 1.29 is 20.4 Å². The molecule has 1 aromatic rings. The van der Waals surface area contributed by atoms with Crippen molar-refractivity contribution in [2.45, 2.75) is 30.9 Å². The summed E-state index contributed by atoms with van der Waals surface area (Å²) in [5.41, 5.74) is 1.03. The van der Waals surface area contributed by atoms with Gasteiger partial charge in [-0.05, 0) is 5.56 Å². The maximum Gasteiger partial charge on any atom is 0.109 e. The summed E-state index contributed by atoms with van der Waals surface area (Å²) in [4.78, 5) is 1.79. The van der Waals surface area contributed by atoms with Crippen LogP contribution in [-0.4, -0.2) is 62.8 Å². The van der Waals surface area contributed by atoms with Crippen LogP contribution in [0.15, 0.2) is 30.3 Å². The van der Waals surface area contributed by atoms with Crippen LogP contribution in [0.4, 0.5) is 0 Å². The van der Waals surface area contributed by atoms with Crippen LogP contribution in [0.5, 0.6) is 0 Å². The molecule has 0 spiro atoms. The number of benzene rings is 1. The number of aliphatic hydroxyl groups is 4. The highest BCUT2D eigenvalue weighted by Gasteiger charge is 2.40. The highest BCUT2D eigenvalue weighted by molar-refractivity contribution is 5.15. The second-order valence-corrected chi connectivity index (χ2v) is 4.71. The fraction of sp³-hybridized carbons (Fsp3) is 0.538. The van der Waals surface area contributed by atoms with Gasteiger partial charge in [-0.15, -0.1) is 0 Å². The number of piperidine rings is 1. The van der Waals surface area contributed by atoms with E-state index in [1.807, 2.05) is 30.3 Å². The average Bonchev–Trinajstić information content (AvgIpc) is 2.38. The Morgan fingerprint density at radius 3 is 2.33 bits per heavy atom. The number of hydrogen-bond donors (Lipinski definition) is 4. The van der Waals surface area contributed by atoms with Gasteiger partial charge in [-0.2, -0.15) is 0 Å². The Hall–Kier alpha value is -0.980. The summed E-state index contributed by atoms with van der Waals surface area (Å²) in [5.74, 6) is 0. The lowest BCUT2D eigenvalue weighted by Crippen LogP contribution is -2.62. The van der Waals surface area contributed by atoms with Gasteiger partial charge in [-0.3, -0.25) is 4.90 Å². The van der Waals surface area contributed by atoms with E-state index in [2.05, 4.69) is 0 Å². The molecule has 0 aliphatic carbocycles. The molecular weight excluding hydrogens is 234 g/mol. The highest BCUT2D eigenvalue weighted by atomic mass is 16.4. The lowest BCUT2D eigenvalue weighted by molar-refractivity contribution is -0.147. The van der Waals surface area contributed by atoms with Crippen molar-refractivity contribution in [3.05, 3.63) is 35.9 Å². The smallest absolute Gasteiger partial charge is 0.109 e. The minimum atomic E-state index is -1.20. The number of nitrogens with zero attached hydrogens (tertiary/aromatic N) is 1. The molecular formula is C13H19NO4. The van der Waals surface area contributed by atoms with E-state index < -0.39 is 24.4 Å². The van der Waals surface area contributed by atoms with E-state index in [-0.39, 0.29) is 13.2 Å². The Labute approximate surface area is 106 Å². The monoisotopic (exact) mass is 253 g/mol. The Kier molecular flexibility index (Phi) is 4.31. The second-order valence-electron chi connectivity index (χ2n) is 4.71. The van der Waals surface area contributed by atoms with Crippen LogP contribution in [0, 0.1) is 0 Å². The van der Waals surface area contributed by atoms with E-state index in [4.69, 9.17) is 0 Å². The van der Waals surface area contributed by atoms with Gasteiger partial charge >= 0.3 is 0 Å². The summed E-state index contributed by atoms with van der Waals surface area (Å²) in [6, 6.07) is 9.07. The number of likely N-dealkylation sites (tertiary alicyclic amines) is 1. The van der Waals surface area contributed by atoms with Gasteiger partial charge in [0.15, 0.2) is 0 Å². The molecule has 1 heterocycles. The number of rotatable bonds is 3. The first kappa shape index (κ1) is 13.5. The largest absolute Gasteiger partial charge is 0.395 e. The standard InChI is InChI=1S/C13H19NO4/c15-8-10-12(17)13(18)11(16)7-14(10)6-9-4-2-1-3-5-9/h1-5,10-13,15-18H,6-8H2/t10?,11-,12-,13+/m1/s1. The molecule has 100 valence electrons. The fourth-order valence-electron chi connectivity index (χ4n) is 2.38. The molecule has 0 bridgehead atoms. The van der Waals surface area contributed by atoms with Gasteiger partial charge in [0, 0.05) is 13.1 Å². The lowest BCUT2D eigenvalue weighted by Gasteiger charge is -2.43. The summed E-state index contributed by atoms with van der Waals surface area (Å²) in [5, 5.41) is 38.4. The molecule has 1 saturated heterocycles. The fourth-order valence-corrected chi connectivity index (χ4v) is 2.38. The Morgan fingerprint density at radius 2 is 1.72 bits per heavy atom. The van der Waals surface area contributed by atoms with Crippen LogP contribution in [0.2, 0.25) is 0 Å². The van der Waals surface area contributed by atoms with E-state index in [9.17, 15) is 20.4 Å². The lowest BCUT2D eigenvalue weighted by atomic mass is 9.94. The van der Waals surface area contributed by atoms with Crippen LogP contribution in [-0.2, 0) is 6.54 Å². The SMILES string of the molecule is OCC1[C@@H](O)[C@@H](O)[C@H](O)CN1Cc1ccccc1. The van der Waals surface area contributed by atoms with Crippen molar-refractivity contribution in [2.24, 2.45) is 0 Å². The van der Waals surface area contributed by atoms with E-state index in [0.717, 1.165) is 5.56 Å². The molecule has 4 N–H and O–H groups in total. The van der Waals surface area contributed by atoms with Gasteiger partial charge in [0.25, 0.3) is 0 Å². The van der Waals surface area contributed by atoms with Gasteiger partial charge in [0.05, 0.1) is 18.8 Å². The quantitative estimate of drug-likeness (QED) is 0.552. The van der Waals surface area contributed by atoms with Gasteiger partial charge in [-0.25, -0.2) is 0 Å². The third-order valence-corrected chi connectivity index (χ3v) is 3.44. The van der Waals surface area contributed by atoms with E-state index in [0.29, 0.717) is 6.54 Å². The molecule has 1 aromatic carbocycles. The zero-order valence-electron chi connectivity index (χ0n) is 10.1. The summed E-state index contributed by atoms with van der Waals surface area (Å²) >= 11 is 0. The van der Waals surface area contributed by atoms with Crippen LogP contribution < -0.4 is 0 Å². The summed E-state index contributed by atoms with van der Waals surface area (Å²) in [6.07, 6.45) is -3.33. The van der Waals surface area contributed by atoms with Crippen LogP contribution >= 0.6 is 0 Å². The number of aliphatic hydroxyl groups excluding tert-OH is 4. The molecule has 1 aliphatic heterocycles. The highest BCUT2D eigenvalue weighted by Crippen LogP contribution is 2.21. The minimum absolute atomic E-state index is 0.234. The van der Waals surface area contributed by atoms with E-state index in [1.165, 1.54) is 0 Å². The second kappa shape index (κ2) is 5.77. The maximum absolute atomic E-state index is 9.84. The molecule has 1 fully saturated rings. The number of hydrogen-bond acceptors (Lipinski definition) is 5. The molecule has 1 unspecified atom stereocenters. The van der Waals surface area contributed by atoms with Crippen molar-refractivity contribution >= 4 is 0 Å². The molecule has 0 saturated carbocycles. The summed E-state index contributed by atoms with van der Waals surface area (Å²) in [7, 11) is 0. The maximum atomic E-state index is 9.84. The molecule has 2 rings (SSSR count). The molecule has 18 heavy (non-hydrogen) atoms. The van der Waals surface area contributed by atoms with Crippen LogP contribution in [0.3, 0.4) is 0 Å². The normalized spacial score (nSPS) is 33.6. The van der Waals surface area contributed by atoms with E-state index >= 15 is 0 Å². The van der Waals surface area contributed by atoms with Crippen molar-refractivity contribution in [1.29, 1.82) is 0 Å². The zero-order chi connectivity index (χ0) is 13.1. The summed E-state index contributed by atoms with van der Waals surface area (Å²) in [6.45, 7) is 0.503. The first-order chi connectivity index (χ1) is 8.63. The third-order valence-electron chi connectivity index (χ3n) is 3.44. The van der Waals surface area contributed by atoms with Crippen molar-refractivity contribution in [1.82, 2.24) is 4.90 Å². The van der Waals surface area contributed by atoms with E-state index in [1.54, 1.807) is 4.90 Å². The third kappa shape index (κ3) is 2.71. The first-order valence-electron chi connectivity index (χ1n) is 6.06. The molecule has 1 aliphatic rings. The van der Waals surface area contributed by atoms with Gasteiger partial charge in [-0.1, -0.05) is 30.3 Å². The zero-order valence-corrected chi connectivity index (χ0v) is 10.1. The average molecular weight is 253 g/mol. The Morgan fingerprint density at radius 1 is 1.06 bits per heavy atom. The van der Waals surface area contributed by atoms with Gasteiger partial charge in [0.2, 0.25) is 0 Å². The minimum Gasteiger partial charge on any atom is -0.395 e. The Bertz CT molecular complexity index is 373. The van der Waals surface area contributed by atoms with Crippen molar-refractivity contribution in [3.8, 4) is 0 Å². The number of β-amino-alcohol motifs (C(OH)–C–C–N with tert-alkyl or cyclic N) is 1. The van der Waals surface area contributed by atoms with Gasteiger partial charge < -0.3 is 20.4 Å².